The molecule has 12 aromatic rings. The SMILES string of the molecule is C=C(OC)C1(OC(=O)c2cccn2[C@H](C)c2ccccc2)CC1.COC(=O)C(C)(C)OC(=O)c1cccn1[C@H](C)c1ccccc1.COC(=O)[C@@H](C)OC(=O)c1cccn1[C@H](C)c1ccccc1.COC(=O)[C@@H](OC(=O)c1cccn1[C@H](C)c1ccccc1)C(C)C.COC(=O)[C@H](C)OC(=O)c1cccn1[C@H](C)c1ccccc1.COC(=O)[C@H](OC(=O)c1cccn1[C@H](C)c1ccccc1)C(C)C. The molecule has 0 N–H and O–H groups in total. The number of hydrogen-bond donors (Lipinski definition) is 0. The van der Waals surface area contributed by atoms with Crippen LogP contribution in [-0.4, -0.2) is 171 Å². The molecule has 10 atom stereocenters. The number of benzene rings is 6. The Morgan fingerprint density at radius 2 is 0.493 bits per heavy atom. The molecule has 29 heteroatoms. The number of carbonyl (C=O) groups is 11. The number of nitrogens with zero attached hydrogens (tertiary/aromatic N) is 6. The van der Waals surface area contributed by atoms with Crippen LogP contribution in [0.3, 0.4) is 0 Å². The van der Waals surface area contributed by atoms with Gasteiger partial charge in [-0.1, -0.05) is 216 Å². The topological polar surface area (TPSA) is 328 Å². The lowest BCUT2D eigenvalue weighted by Gasteiger charge is -2.23. The summed E-state index contributed by atoms with van der Waals surface area (Å²) in [6.45, 7) is 29.1. The van der Waals surface area contributed by atoms with Gasteiger partial charge in [0, 0.05) is 49.0 Å². The molecule has 1 aliphatic carbocycles. The number of carbonyl (C=O) groups excluding carboxylic acids is 11. The zero-order valence-electron chi connectivity index (χ0n) is 81.8. The number of ether oxygens (including phenoxy) is 12. The molecule has 6 heterocycles. The molecule has 0 aliphatic heterocycles. The summed E-state index contributed by atoms with van der Waals surface area (Å²) < 4.78 is 71.5. The predicted octanol–water partition coefficient (Wildman–Crippen LogP) is 19.7. The first kappa shape index (κ1) is 108. The van der Waals surface area contributed by atoms with Gasteiger partial charge in [0.2, 0.25) is 17.8 Å². The lowest BCUT2D eigenvalue weighted by molar-refractivity contribution is -0.159. The van der Waals surface area contributed by atoms with Crippen molar-refractivity contribution in [3.8, 4) is 0 Å². The minimum atomic E-state index is -1.34. The molecule has 6 aromatic carbocycles. The van der Waals surface area contributed by atoms with Gasteiger partial charge < -0.3 is 84.2 Å². The fourth-order valence-corrected chi connectivity index (χ4v) is 14.7. The van der Waals surface area contributed by atoms with E-state index >= 15 is 0 Å². The number of rotatable bonds is 33. The highest BCUT2D eigenvalue weighted by Gasteiger charge is 2.51. The van der Waals surface area contributed by atoms with E-state index in [2.05, 4.69) is 39.8 Å². The van der Waals surface area contributed by atoms with Crippen LogP contribution in [0.2, 0.25) is 0 Å². The van der Waals surface area contributed by atoms with Gasteiger partial charge in [-0.2, -0.15) is 0 Å². The normalized spacial score (nSPS) is 13.7. The van der Waals surface area contributed by atoms with Gasteiger partial charge >= 0.3 is 65.7 Å². The summed E-state index contributed by atoms with van der Waals surface area (Å²) in [7, 11) is 7.89. The maximum atomic E-state index is 12.6. The molecule has 730 valence electrons. The lowest BCUT2D eigenvalue weighted by atomic mass is 10.1. The van der Waals surface area contributed by atoms with Gasteiger partial charge in [0.15, 0.2) is 17.8 Å². The van der Waals surface area contributed by atoms with Gasteiger partial charge in [-0.25, -0.2) is 52.7 Å². The summed E-state index contributed by atoms with van der Waals surface area (Å²) in [6.07, 6.45) is 8.83. The van der Waals surface area contributed by atoms with Crippen LogP contribution in [0.4, 0.5) is 0 Å². The Bertz CT molecular complexity index is 5600. The third kappa shape index (κ3) is 29.1. The van der Waals surface area contributed by atoms with E-state index in [9.17, 15) is 52.7 Å². The van der Waals surface area contributed by atoms with E-state index in [0.29, 0.717) is 39.9 Å². The van der Waals surface area contributed by atoms with Gasteiger partial charge in [0.25, 0.3) is 0 Å². The highest BCUT2D eigenvalue weighted by Crippen LogP contribution is 2.46. The second-order valence-electron chi connectivity index (χ2n) is 33.6. The fourth-order valence-electron chi connectivity index (χ4n) is 14.7. The number of hydrogen-bond acceptors (Lipinski definition) is 23. The highest BCUT2D eigenvalue weighted by atomic mass is 16.6. The molecule has 1 fully saturated rings. The molecule has 1 aliphatic rings. The van der Waals surface area contributed by atoms with E-state index in [0.717, 1.165) is 46.2 Å². The zero-order chi connectivity index (χ0) is 101. The molecule has 13 rings (SSSR count). The van der Waals surface area contributed by atoms with E-state index in [1.807, 2.05) is 275 Å². The van der Waals surface area contributed by atoms with Gasteiger partial charge in [0.05, 0.1) is 78.9 Å². The Balaban J connectivity index is 0.000000203. The molecule has 138 heavy (non-hydrogen) atoms. The lowest BCUT2D eigenvalue weighted by Crippen LogP contribution is -2.38. The minimum Gasteiger partial charge on any atom is -0.497 e. The van der Waals surface area contributed by atoms with Gasteiger partial charge in [-0.3, -0.25) is 0 Å². The average Bonchev–Trinajstić information content (AvgIpc) is 1.62. The molecule has 29 nitrogen and oxygen atoms in total. The van der Waals surface area contributed by atoms with Crippen molar-refractivity contribution in [3.05, 3.63) is 372 Å². The summed E-state index contributed by atoms with van der Waals surface area (Å²) in [5, 5.41) is 0. The van der Waals surface area contributed by atoms with Crippen LogP contribution in [0.15, 0.2) is 304 Å². The molecule has 0 spiro atoms. The molecule has 0 radical (unpaired) electrons. The first-order valence-electron chi connectivity index (χ1n) is 45.2. The van der Waals surface area contributed by atoms with Crippen LogP contribution >= 0.6 is 0 Å². The zero-order valence-corrected chi connectivity index (χ0v) is 81.8. The average molecular weight is 1890 g/mol. The van der Waals surface area contributed by atoms with Crippen molar-refractivity contribution >= 4 is 65.7 Å². The Kier molecular flexibility index (Phi) is 40.7. The van der Waals surface area contributed by atoms with Crippen molar-refractivity contribution in [2.45, 2.75) is 182 Å². The van der Waals surface area contributed by atoms with E-state index in [1.54, 1.807) is 102 Å². The highest BCUT2D eigenvalue weighted by molar-refractivity contribution is 5.94. The molecule has 0 saturated heterocycles. The molecule has 0 bridgehead atoms. The van der Waals surface area contributed by atoms with Crippen molar-refractivity contribution in [1.82, 2.24) is 27.4 Å². The van der Waals surface area contributed by atoms with Crippen molar-refractivity contribution in [1.29, 1.82) is 0 Å². The second-order valence-corrected chi connectivity index (χ2v) is 33.6. The summed E-state index contributed by atoms with van der Waals surface area (Å²) in [4.78, 5) is 133. The van der Waals surface area contributed by atoms with Crippen molar-refractivity contribution in [2.24, 2.45) is 11.8 Å². The van der Waals surface area contributed by atoms with Crippen LogP contribution < -0.4 is 0 Å². The first-order valence-corrected chi connectivity index (χ1v) is 45.2. The largest absolute Gasteiger partial charge is 0.497 e. The van der Waals surface area contributed by atoms with Crippen LogP contribution in [0.1, 0.15) is 242 Å². The fraction of sp³-hybridized carbons (Fsp3) is 0.330. The Labute approximate surface area is 806 Å². The Morgan fingerprint density at radius 1 is 0.275 bits per heavy atom. The van der Waals surface area contributed by atoms with E-state index < -0.39 is 95.3 Å². The molecule has 0 unspecified atom stereocenters. The molecular weight excluding hydrogens is 1760 g/mol. The summed E-state index contributed by atoms with van der Waals surface area (Å²) in [5.41, 5.74) is 7.07. The van der Waals surface area contributed by atoms with Gasteiger partial charge in [-0.15, -0.1) is 0 Å². The van der Waals surface area contributed by atoms with Crippen molar-refractivity contribution in [3.63, 3.8) is 0 Å². The van der Waals surface area contributed by atoms with Crippen LogP contribution in [0.25, 0.3) is 0 Å². The van der Waals surface area contributed by atoms with Crippen LogP contribution in [0.5, 0.6) is 0 Å². The summed E-state index contributed by atoms with van der Waals surface area (Å²) in [6, 6.07) is 80.2. The third-order valence-electron chi connectivity index (χ3n) is 23.1. The quantitative estimate of drug-likeness (QED) is 0.0209. The Hall–Kier alpha value is -15.3. The van der Waals surface area contributed by atoms with Crippen LogP contribution in [-0.2, 0) is 80.8 Å². The van der Waals surface area contributed by atoms with Crippen LogP contribution in [0, 0.1) is 11.8 Å². The molecular formula is C109H126N6O23. The van der Waals surface area contributed by atoms with Crippen molar-refractivity contribution < 1.29 is 110 Å². The van der Waals surface area contributed by atoms with E-state index in [4.69, 9.17) is 42.6 Å². The first-order chi connectivity index (χ1) is 65.9. The maximum Gasteiger partial charge on any atom is 0.356 e. The monoisotopic (exact) mass is 1890 g/mol. The third-order valence-corrected chi connectivity index (χ3v) is 23.1. The van der Waals surface area contributed by atoms with Gasteiger partial charge in [-0.05, 0) is 188 Å². The minimum absolute atomic E-state index is 0.0211. The molecule has 6 aromatic heterocycles. The molecule has 1 saturated carbocycles. The van der Waals surface area contributed by atoms with E-state index in [-0.39, 0.29) is 54.1 Å². The van der Waals surface area contributed by atoms with E-state index in [1.165, 1.54) is 63.2 Å². The standard InChI is InChI=1S/2C19H23NO4.C19H21NO3.C18H21NO4.2C17H19NO4/c2*1-13(2)17(19(22)23-4)24-18(21)16-11-8-12-20(16)14(3)15-9-6-5-7-10-15;1-14(16-8-5-4-6-9-16)20-13-7-10-17(20)18(21)23-19(11-12-19)15(2)22-3;1-13(14-9-6-5-7-10-14)19-12-8-11-15(19)16(20)23-18(2,3)17(21)22-4;2*1-12(14-8-5-4-6-9-14)18-11-7-10-15(18)17(20)22-13(2)16(19)21-3/h2*5-14,17H,1-4H3;4-10,13-14H,2,11-12H2,1,3H3;5-13H,1-4H3;2*4-13H,1-3H3/t14-,17+;14-,17-;14-;13-;12-,13+;12-,13-/m111111/s1. The summed E-state index contributed by atoms with van der Waals surface area (Å²) in [5.74, 6) is -5.75. The Morgan fingerprint density at radius 3 is 0.696 bits per heavy atom. The smallest absolute Gasteiger partial charge is 0.356 e. The second kappa shape index (κ2) is 52.0. The van der Waals surface area contributed by atoms with Crippen molar-refractivity contribution in [2.75, 3.05) is 42.7 Å². The maximum absolute atomic E-state index is 12.6. The summed E-state index contributed by atoms with van der Waals surface area (Å²) >= 11 is 0. The molecule has 0 amide bonds. The van der Waals surface area contributed by atoms with Gasteiger partial charge in [0.1, 0.15) is 39.9 Å². The number of esters is 11. The number of methoxy groups -OCH3 is 6. The predicted molar refractivity (Wildman–Crippen MR) is 519 cm³/mol. The number of aromatic nitrogens is 6.